The molecule has 0 spiro atoms. The molecule has 0 N–H and O–H groups in total. The zero-order valence-corrected chi connectivity index (χ0v) is 24.5. The quantitative estimate of drug-likeness (QED) is 0.137. The van der Waals surface area contributed by atoms with Crippen molar-refractivity contribution in [1.29, 1.82) is 0 Å². The van der Waals surface area contributed by atoms with Crippen molar-refractivity contribution in [1.82, 2.24) is 4.90 Å². The number of nitro groups is 2. The van der Waals surface area contributed by atoms with Gasteiger partial charge in [0, 0.05) is 12.1 Å². The van der Waals surface area contributed by atoms with Crippen LogP contribution < -0.4 is 9.47 Å². The highest BCUT2D eigenvalue weighted by Crippen LogP contribution is 2.42. The van der Waals surface area contributed by atoms with Crippen LogP contribution in [0.15, 0.2) is 76.6 Å². The molecule has 0 aromatic heterocycles. The van der Waals surface area contributed by atoms with Gasteiger partial charge in [-0.1, -0.05) is 44.0 Å². The van der Waals surface area contributed by atoms with Crippen molar-refractivity contribution in [2.75, 3.05) is 6.61 Å². The van der Waals surface area contributed by atoms with Crippen molar-refractivity contribution in [3.8, 4) is 17.2 Å². The smallest absolute Gasteiger partial charge is 0.318 e. The number of benzene rings is 3. The van der Waals surface area contributed by atoms with Crippen LogP contribution in [0.1, 0.15) is 45.1 Å². The molecule has 2 fully saturated rings. The summed E-state index contributed by atoms with van der Waals surface area (Å²) in [5, 5.41) is 23.4. The molecule has 1 heterocycles. The Labute approximate surface area is 252 Å². The molecule has 11 nitrogen and oxygen atoms in total. The van der Waals surface area contributed by atoms with Gasteiger partial charge in [0.1, 0.15) is 0 Å². The predicted molar refractivity (Wildman–Crippen MR) is 165 cm³/mol. The maximum absolute atomic E-state index is 13.8. The van der Waals surface area contributed by atoms with Crippen molar-refractivity contribution in [3.63, 3.8) is 0 Å². The number of carbonyl (C=O) groups is 1. The van der Waals surface area contributed by atoms with Crippen LogP contribution in [0.3, 0.4) is 0 Å². The number of thioether (sulfide) groups is 1. The van der Waals surface area contributed by atoms with E-state index in [2.05, 4.69) is 6.92 Å². The van der Waals surface area contributed by atoms with Gasteiger partial charge in [-0.15, -0.1) is 0 Å². The van der Waals surface area contributed by atoms with Gasteiger partial charge in [0.25, 0.3) is 11.6 Å². The number of aliphatic imine (C=N–C) groups is 1. The Kier molecular flexibility index (Phi) is 9.05. The Balaban J connectivity index is 1.48. The van der Waals surface area contributed by atoms with E-state index in [-0.39, 0.29) is 30.1 Å². The molecule has 2 aliphatic rings. The van der Waals surface area contributed by atoms with Crippen LogP contribution in [0.2, 0.25) is 0 Å². The van der Waals surface area contributed by atoms with E-state index < -0.39 is 21.2 Å². The first-order valence-corrected chi connectivity index (χ1v) is 14.8. The van der Waals surface area contributed by atoms with Crippen LogP contribution in [-0.2, 0) is 4.79 Å². The molecule has 1 aliphatic carbocycles. The third-order valence-electron chi connectivity index (χ3n) is 7.35. The van der Waals surface area contributed by atoms with E-state index in [1.807, 2.05) is 35.2 Å². The second-order valence-corrected chi connectivity index (χ2v) is 11.3. The van der Waals surface area contributed by atoms with E-state index in [1.165, 1.54) is 17.8 Å². The third-order valence-corrected chi connectivity index (χ3v) is 8.33. The molecule has 3 aromatic rings. The summed E-state index contributed by atoms with van der Waals surface area (Å²) >= 11 is 1.33. The average molecular weight is 603 g/mol. The molecule has 12 heteroatoms. The van der Waals surface area contributed by atoms with E-state index in [0.29, 0.717) is 27.3 Å². The van der Waals surface area contributed by atoms with Gasteiger partial charge < -0.3 is 9.47 Å². The van der Waals surface area contributed by atoms with Gasteiger partial charge in [0.15, 0.2) is 16.7 Å². The fourth-order valence-corrected chi connectivity index (χ4v) is 6.28. The topological polar surface area (TPSA) is 137 Å². The van der Waals surface area contributed by atoms with Crippen LogP contribution in [0.5, 0.6) is 17.2 Å². The fraction of sp³-hybridized carbons (Fsp3) is 0.290. The van der Waals surface area contributed by atoms with Crippen molar-refractivity contribution in [2.45, 2.75) is 45.6 Å². The minimum atomic E-state index is -0.738. The lowest BCUT2D eigenvalue weighted by atomic mass is 9.85. The van der Waals surface area contributed by atoms with Gasteiger partial charge in [-0.25, -0.2) is 4.99 Å². The Morgan fingerprint density at radius 1 is 0.977 bits per heavy atom. The second kappa shape index (κ2) is 13.1. The molecule has 2 atom stereocenters. The van der Waals surface area contributed by atoms with Crippen LogP contribution in [0, 0.1) is 26.1 Å². The standard InChI is InChI=1S/C31H30N4O7S/c1-3-41-28-17-21(13-15-27(28)42-26-16-14-23(34(37)38)19-25(26)35(39)40)18-29-30(36)33(24-12-8-7-9-20(24)2)31(43-29)32-22-10-5-4-6-11-22/h4-6,10-11,13-20,24H,3,7-9,12H2,1-2H3/b29-18-,32-31?/t20-,24-/m1/s1. The molecule has 0 unspecified atom stereocenters. The Morgan fingerprint density at radius 3 is 2.42 bits per heavy atom. The molecule has 1 saturated heterocycles. The minimum absolute atomic E-state index is 0.0642. The van der Waals surface area contributed by atoms with Crippen LogP contribution in [0.4, 0.5) is 17.1 Å². The van der Waals surface area contributed by atoms with Gasteiger partial charge in [-0.05, 0) is 79.4 Å². The van der Waals surface area contributed by atoms with Gasteiger partial charge in [-0.3, -0.25) is 29.9 Å². The molecule has 222 valence electrons. The highest BCUT2D eigenvalue weighted by molar-refractivity contribution is 8.18. The Hall–Kier alpha value is -4.71. The summed E-state index contributed by atoms with van der Waals surface area (Å²) in [5.41, 5.74) is 0.477. The number of hydrogen-bond acceptors (Lipinski definition) is 9. The largest absolute Gasteiger partial charge is 0.490 e. The first-order chi connectivity index (χ1) is 20.7. The summed E-state index contributed by atoms with van der Waals surface area (Å²) in [5.74, 6) is 0.579. The summed E-state index contributed by atoms with van der Waals surface area (Å²) < 4.78 is 11.6. The molecule has 0 radical (unpaired) electrons. The minimum Gasteiger partial charge on any atom is -0.490 e. The summed E-state index contributed by atoms with van der Waals surface area (Å²) in [7, 11) is 0. The van der Waals surface area contributed by atoms with E-state index in [0.717, 1.165) is 43.5 Å². The number of ether oxygens (including phenoxy) is 2. The molecular formula is C31H30N4O7S. The Morgan fingerprint density at radius 2 is 1.72 bits per heavy atom. The van der Waals surface area contributed by atoms with Gasteiger partial charge in [0.2, 0.25) is 5.75 Å². The lowest BCUT2D eigenvalue weighted by Gasteiger charge is -2.35. The predicted octanol–water partition coefficient (Wildman–Crippen LogP) is 7.88. The SMILES string of the molecule is CCOc1cc(/C=C2\SC(=Nc3ccccc3)N([C@@H]3CCCC[C@H]3C)C2=O)ccc1Oc1ccc([N+](=O)[O-])cc1[N+](=O)[O-]. The molecule has 43 heavy (non-hydrogen) atoms. The van der Waals surface area contributed by atoms with Gasteiger partial charge in [0.05, 0.1) is 33.1 Å². The highest BCUT2D eigenvalue weighted by atomic mass is 32.2. The molecule has 0 bridgehead atoms. The number of nitro benzene ring substituents is 2. The van der Waals surface area contributed by atoms with Crippen molar-refractivity contribution >= 4 is 46.0 Å². The van der Waals surface area contributed by atoms with Crippen LogP contribution in [0.25, 0.3) is 6.08 Å². The molecule has 1 saturated carbocycles. The number of amidine groups is 1. The van der Waals surface area contributed by atoms with Gasteiger partial charge in [-0.2, -0.15) is 0 Å². The molecule has 1 amide bonds. The maximum Gasteiger partial charge on any atom is 0.318 e. The number of carbonyl (C=O) groups excluding carboxylic acids is 1. The monoisotopic (exact) mass is 602 g/mol. The second-order valence-electron chi connectivity index (χ2n) is 10.3. The fourth-order valence-electron chi connectivity index (χ4n) is 5.24. The third kappa shape index (κ3) is 6.69. The highest BCUT2D eigenvalue weighted by Gasteiger charge is 2.41. The maximum atomic E-state index is 13.8. The lowest BCUT2D eigenvalue weighted by Crippen LogP contribution is -2.44. The first kappa shape index (κ1) is 29.8. The van der Waals surface area contributed by atoms with E-state index in [9.17, 15) is 25.0 Å². The summed E-state index contributed by atoms with van der Waals surface area (Å²) in [6.07, 6.45) is 5.97. The number of rotatable bonds is 9. The van der Waals surface area contributed by atoms with Crippen molar-refractivity contribution in [3.05, 3.63) is 97.4 Å². The Bertz CT molecular complexity index is 1610. The summed E-state index contributed by atoms with van der Waals surface area (Å²) in [6.45, 7) is 4.26. The van der Waals surface area contributed by atoms with Crippen LogP contribution in [-0.4, -0.2) is 38.5 Å². The molecule has 1 aliphatic heterocycles. The number of para-hydroxylation sites is 1. The summed E-state index contributed by atoms with van der Waals surface area (Å²) in [4.78, 5) is 42.3. The first-order valence-electron chi connectivity index (χ1n) is 14.0. The number of nitrogens with zero attached hydrogens (tertiary/aromatic N) is 4. The summed E-state index contributed by atoms with van der Waals surface area (Å²) in [6, 6.07) is 17.8. The van der Waals surface area contributed by atoms with E-state index >= 15 is 0 Å². The normalized spacial score (nSPS) is 20.4. The molecule has 5 rings (SSSR count). The zero-order valence-electron chi connectivity index (χ0n) is 23.7. The van der Waals surface area contributed by atoms with Crippen molar-refractivity contribution in [2.24, 2.45) is 10.9 Å². The van der Waals surface area contributed by atoms with Crippen LogP contribution >= 0.6 is 11.8 Å². The van der Waals surface area contributed by atoms with E-state index in [1.54, 1.807) is 31.2 Å². The lowest BCUT2D eigenvalue weighted by molar-refractivity contribution is -0.394. The van der Waals surface area contributed by atoms with Gasteiger partial charge >= 0.3 is 5.69 Å². The number of hydrogen-bond donors (Lipinski definition) is 0. The zero-order chi connectivity index (χ0) is 30.5. The van der Waals surface area contributed by atoms with E-state index in [4.69, 9.17) is 14.5 Å². The molecule has 3 aromatic carbocycles. The van der Waals surface area contributed by atoms with Crippen molar-refractivity contribution < 1.29 is 24.1 Å². The average Bonchev–Trinajstić information content (AvgIpc) is 3.28. The molecular weight excluding hydrogens is 572 g/mol. The number of non-ortho nitro benzene ring substituents is 1. The number of amides is 1.